The van der Waals surface area contributed by atoms with E-state index in [4.69, 9.17) is 10.5 Å². The number of nitrogens with zero attached hydrogens (tertiary/aromatic N) is 2. The number of nitrogens with two attached hydrogens (primary N) is 1. The summed E-state index contributed by atoms with van der Waals surface area (Å²) in [5.41, 5.74) is 5.04. The van der Waals surface area contributed by atoms with Crippen LogP contribution in [0.4, 0.5) is 16.4 Å². The van der Waals surface area contributed by atoms with Gasteiger partial charge in [-0.2, -0.15) is 0 Å². The van der Waals surface area contributed by atoms with E-state index >= 15 is 0 Å². The average molecular weight is 306 g/mol. The van der Waals surface area contributed by atoms with Gasteiger partial charge in [-0.1, -0.05) is 6.07 Å². The Morgan fingerprint density at radius 2 is 2.23 bits per heavy atom. The number of rotatable bonds is 3. The van der Waals surface area contributed by atoms with Gasteiger partial charge >= 0.3 is 6.09 Å². The highest BCUT2D eigenvalue weighted by Crippen LogP contribution is 2.24. The highest BCUT2D eigenvalue weighted by Gasteiger charge is 2.30. The van der Waals surface area contributed by atoms with Gasteiger partial charge in [0.25, 0.3) is 0 Å². The van der Waals surface area contributed by atoms with Crippen molar-refractivity contribution >= 4 is 23.6 Å². The molecule has 0 radical (unpaired) electrons. The molecule has 120 valence electrons. The first-order valence-electron chi connectivity index (χ1n) is 7.26. The van der Waals surface area contributed by atoms with Gasteiger partial charge in [0.15, 0.2) is 0 Å². The molecule has 2 rings (SSSR count). The fourth-order valence-electron chi connectivity index (χ4n) is 2.21. The van der Waals surface area contributed by atoms with E-state index in [1.54, 1.807) is 43.9 Å². The van der Waals surface area contributed by atoms with Crippen LogP contribution in [0.2, 0.25) is 0 Å². The van der Waals surface area contributed by atoms with Gasteiger partial charge in [-0.3, -0.25) is 15.0 Å². The molecule has 1 aromatic rings. The lowest BCUT2D eigenvalue weighted by atomic mass is 10.1. The molecule has 7 nitrogen and oxygen atoms in total. The highest BCUT2D eigenvalue weighted by molar-refractivity contribution is 5.95. The Labute approximate surface area is 129 Å². The smallest absolute Gasteiger partial charge is 0.413 e. The van der Waals surface area contributed by atoms with Crippen molar-refractivity contribution in [3.05, 3.63) is 18.2 Å². The van der Waals surface area contributed by atoms with Crippen molar-refractivity contribution in [2.24, 2.45) is 11.7 Å². The zero-order valence-electron chi connectivity index (χ0n) is 13.1. The lowest BCUT2D eigenvalue weighted by Gasteiger charge is -2.20. The fraction of sp³-hybridized carbons (Fsp3) is 0.533. The Balaban J connectivity index is 2.07. The highest BCUT2D eigenvalue weighted by atomic mass is 16.6. The lowest BCUT2D eigenvalue weighted by molar-refractivity contribution is -0.117. The largest absolute Gasteiger partial charge is 0.444 e. The maximum atomic E-state index is 12.0. The van der Waals surface area contributed by atoms with E-state index in [1.165, 1.54) is 0 Å². The fourth-order valence-corrected chi connectivity index (χ4v) is 2.21. The molecule has 1 atom stereocenters. The summed E-state index contributed by atoms with van der Waals surface area (Å²) in [5, 5.41) is 2.57. The van der Waals surface area contributed by atoms with Crippen LogP contribution in [-0.4, -0.2) is 35.7 Å². The van der Waals surface area contributed by atoms with Crippen LogP contribution in [0.1, 0.15) is 27.2 Å². The van der Waals surface area contributed by atoms with Crippen LogP contribution in [0, 0.1) is 5.92 Å². The Bertz CT molecular complexity index is 568. The number of hydrogen-bond donors (Lipinski definition) is 2. The molecule has 0 aromatic carbocycles. The molecule has 1 saturated heterocycles. The first-order valence-corrected chi connectivity index (χ1v) is 7.26. The van der Waals surface area contributed by atoms with Crippen LogP contribution >= 0.6 is 0 Å². The van der Waals surface area contributed by atoms with Crippen LogP contribution < -0.4 is 16.0 Å². The number of amides is 2. The maximum Gasteiger partial charge on any atom is 0.413 e. The van der Waals surface area contributed by atoms with Crippen molar-refractivity contribution in [1.29, 1.82) is 0 Å². The molecule has 2 amide bonds. The third kappa shape index (κ3) is 4.17. The number of carbonyl (C=O) groups is 2. The number of nitrogens with one attached hydrogen (secondary N) is 1. The Kier molecular flexibility index (Phi) is 4.65. The number of aromatic nitrogens is 1. The second-order valence-electron chi connectivity index (χ2n) is 6.32. The predicted molar refractivity (Wildman–Crippen MR) is 83.6 cm³/mol. The topological polar surface area (TPSA) is 97.5 Å². The van der Waals surface area contributed by atoms with Gasteiger partial charge in [0, 0.05) is 13.0 Å². The van der Waals surface area contributed by atoms with E-state index in [9.17, 15) is 9.59 Å². The predicted octanol–water partition coefficient (Wildman–Crippen LogP) is 1.74. The first-order chi connectivity index (χ1) is 10.3. The molecule has 0 bridgehead atoms. The van der Waals surface area contributed by atoms with Crippen molar-refractivity contribution in [2.45, 2.75) is 32.8 Å². The third-order valence-corrected chi connectivity index (χ3v) is 3.18. The van der Waals surface area contributed by atoms with Gasteiger partial charge in [-0.05, 0) is 45.4 Å². The quantitative estimate of drug-likeness (QED) is 0.886. The van der Waals surface area contributed by atoms with E-state index in [1.807, 2.05) is 0 Å². The van der Waals surface area contributed by atoms with Crippen LogP contribution in [0.25, 0.3) is 0 Å². The molecule has 1 aliphatic heterocycles. The molecule has 7 heteroatoms. The van der Waals surface area contributed by atoms with Crippen LogP contribution in [0.3, 0.4) is 0 Å². The van der Waals surface area contributed by atoms with E-state index < -0.39 is 11.7 Å². The van der Waals surface area contributed by atoms with Gasteiger partial charge < -0.3 is 10.5 Å². The number of hydrogen-bond acceptors (Lipinski definition) is 5. The van der Waals surface area contributed by atoms with Crippen molar-refractivity contribution in [3.8, 4) is 0 Å². The number of pyridine rings is 1. The monoisotopic (exact) mass is 306 g/mol. The summed E-state index contributed by atoms with van der Waals surface area (Å²) in [6.07, 6.45) is -0.147. The van der Waals surface area contributed by atoms with E-state index in [0.717, 1.165) is 0 Å². The zero-order valence-corrected chi connectivity index (χ0v) is 13.1. The molecule has 22 heavy (non-hydrogen) atoms. The maximum absolute atomic E-state index is 12.0. The molecule has 0 spiro atoms. The van der Waals surface area contributed by atoms with Gasteiger partial charge in [0.05, 0.1) is 0 Å². The summed E-state index contributed by atoms with van der Waals surface area (Å²) >= 11 is 0. The summed E-state index contributed by atoms with van der Waals surface area (Å²) < 4.78 is 5.18. The molecule has 2 heterocycles. The second-order valence-corrected chi connectivity index (χ2v) is 6.32. The number of anilines is 2. The summed E-state index contributed by atoms with van der Waals surface area (Å²) in [4.78, 5) is 29.6. The summed E-state index contributed by atoms with van der Waals surface area (Å²) in [7, 11) is 0. The van der Waals surface area contributed by atoms with Crippen molar-refractivity contribution in [3.63, 3.8) is 0 Å². The van der Waals surface area contributed by atoms with Gasteiger partial charge in [0.2, 0.25) is 5.91 Å². The van der Waals surface area contributed by atoms with Crippen molar-refractivity contribution in [1.82, 2.24) is 4.98 Å². The SMILES string of the molecule is CC(C)(C)OC(=O)Nc1cccc(N2CC(CN)CC2=O)n1. The molecular formula is C15H22N4O3. The molecule has 0 saturated carbocycles. The van der Waals surface area contributed by atoms with Gasteiger partial charge in [-0.15, -0.1) is 0 Å². The van der Waals surface area contributed by atoms with Gasteiger partial charge in [-0.25, -0.2) is 9.78 Å². The molecule has 0 aliphatic carbocycles. The standard InChI is InChI=1S/C15H22N4O3/c1-15(2,3)22-14(21)18-11-5-4-6-12(17-11)19-9-10(8-16)7-13(19)20/h4-6,10H,7-9,16H2,1-3H3,(H,17,18,21). The number of ether oxygens (including phenoxy) is 1. The zero-order chi connectivity index (χ0) is 16.3. The first kappa shape index (κ1) is 16.2. The van der Waals surface area contributed by atoms with E-state index in [-0.39, 0.29) is 11.8 Å². The van der Waals surface area contributed by atoms with Crippen molar-refractivity contribution < 1.29 is 14.3 Å². The minimum atomic E-state index is -0.582. The average Bonchev–Trinajstić information content (AvgIpc) is 2.78. The Hall–Kier alpha value is -2.15. The van der Waals surface area contributed by atoms with Crippen LogP contribution in [0.15, 0.2) is 18.2 Å². The van der Waals surface area contributed by atoms with Crippen LogP contribution in [0.5, 0.6) is 0 Å². The van der Waals surface area contributed by atoms with E-state index in [0.29, 0.717) is 31.1 Å². The second kappa shape index (κ2) is 6.31. The Morgan fingerprint density at radius 1 is 1.50 bits per heavy atom. The normalized spacial score (nSPS) is 18.5. The van der Waals surface area contributed by atoms with Gasteiger partial charge in [0.1, 0.15) is 17.2 Å². The minimum absolute atomic E-state index is 0.00244. The minimum Gasteiger partial charge on any atom is -0.444 e. The Morgan fingerprint density at radius 3 is 2.82 bits per heavy atom. The number of carbonyl (C=O) groups excluding carboxylic acids is 2. The molecule has 1 fully saturated rings. The molecular weight excluding hydrogens is 284 g/mol. The molecule has 1 aliphatic rings. The lowest BCUT2D eigenvalue weighted by Crippen LogP contribution is -2.28. The molecule has 1 aromatic heterocycles. The summed E-state index contributed by atoms with van der Waals surface area (Å²) in [5.74, 6) is 0.999. The van der Waals surface area contributed by atoms with E-state index in [2.05, 4.69) is 10.3 Å². The van der Waals surface area contributed by atoms with Crippen LogP contribution in [-0.2, 0) is 9.53 Å². The summed E-state index contributed by atoms with van der Waals surface area (Å²) in [6, 6.07) is 5.11. The van der Waals surface area contributed by atoms with Crippen molar-refractivity contribution in [2.75, 3.05) is 23.3 Å². The third-order valence-electron chi connectivity index (χ3n) is 3.18. The molecule has 1 unspecified atom stereocenters. The summed E-state index contributed by atoms with van der Waals surface area (Å²) in [6.45, 7) is 6.38. The molecule has 3 N–H and O–H groups in total.